The molecule has 1 unspecified atom stereocenters. The van der Waals surface area contributed by atoms with Gasteiger partial charge in [-0.05, 0) is 62.2 Å². The first-order valence-corrected chi connectivity index (χ1v) is 12.0. The van der Waals surface area contributed by atoms with Crippen molar-refractivity contribution in [2.24, 2.45) is 0 Å². The molecule has 0 aliphatic rings. The molecule has 0 aliphatic heterocycles. The Balaban J connectivity index is 1.90. The van der Waals surface area contributed by atoms with Crippen LogP contribution in [0.25, 0.3) is 0 Å². The van der Waals surface area contributed by atoms with Gasteiger partial charge in [0.1, 0.15) is 6.07 Å². The number of benzene rings is 3. The fourth-order valence-corrected chi connectivity index (χ4v) is 4.19. The minimum absolute atomic E-state index is 0.0668. The average molecular weight is 590 g/mol. The summed E-state index contributed by atoms with van der Waals surface area (Å²) in [4.78, 5) is 25.9. The van der Waals surface area contributed by atoms with Crippen molar-refractivity contribution >= 4 is 23.1 Å². The number of nitriles is 2. The normalized spacial score (nSPS) is 12.6. The van der Waals surface area contributed by atoms with Gasteiger partial charge in [0.15, 0.2) is 5.78 Å². The van der Waals surface area contributed by atoms with Gasteiger partial charge in [0.2, 0.25) is 0 Å². The van der Waals surface area contributed by atoms with E-state index in [1.165, 1.54) is 49.4 Å². The highest BCUT2D eigenvalue weighted by molar-refractivity contribution is 6.06. The summed E-state index contributed by atoms with van der Waals surface area (Å²) >= 11 is 0. The Labute approximate surface area is 235 Å². The van der Waals surface area contributed by atoms with E-state index in [2.05, 4.69) is 10.6 Å². The third-order valence-electron chi connectivity index (χ3n) is 6.42. The number of ketones is 1. The molecule has 0 spiro atoms. The Bertz CT molecular complexity index is 1580. The molecule has 13 heteroatoms. The van der Waals surface area contributed by atoms with Gasteiger partial charge in [-0.1, -0.05) is 24.3 Å². The summed E-state index contributed by atoms with van der Waals surface area (Å²) in [5.74, 6) is -1.23. The van der Waals surface area contributed by atoms with E-state index >= 15 is 0 Å². The van der Waals surface area contributed by atoms with E-state index in [1.54, 1.807) is 0 Å². The summed E-state index contributed by atoms with van der Waals surface area (Å²) in [5.41, 5.74) is -7.24. The maximum atomic E-state index is 14.6. The molecule has 0 saturated heterocycles. The lowest BCUT2D eigenvalue weighted by Gasteiger charge is -2.31. The number of amides is 1. The molecule has 1 amide bonds. The molecular formula is C29H21F7N4O2. The first-order chi connectivity index (χ1) is 19.4. The molecule has 0 aliphatic carbocycles. The van der Waals surface area contributed by atoms with Gasteiger partial charge in [-0.15, -0.1) is 0 Å². The zero-order valence-corrected chi connectivity index (χ0v) is 22.1. The van der Waals surface area contributed by atoms with Crippen LogP contribution in [0.3, 0.4) is 0 Å². The van der Waals surface area contributed by atoms with Crippen LogP contribution in [0, 0.1) is 36.5 Å². The van der Waals surface area contributed by atoms with Crippen molar-refractivity contribution in [3.63, 3.8) is 0 Å². The molecule has 2 N–H and O–H groups in total. The first-order valence-electron chi connectivity index (χ1n) is 12.0. The van der Waals surface area contributed by atoms with E-state index in [-0.39, 0.29) is 45.0 Å². The van der Waals surface area contributed by atoms with Crippen molar-refractivity contribution in [3.8, 4) is 12.1 Å². The van der Waals surface area contributed by atoms with Gasteiger partial charge in [0.05, 0.1) is 28.9 Å². The second kappa shape index (κ2) is 11.5. The summed E-state index contributed by atoms with van der Waals surface area (Å²) in [6.45, 7) is 3.73. The van der Waals surface area contributed by atoms with Crippen molar-refractivity contribution in [3.05, 3.63) is 93.5 Å². The molecule has 0 aromatic heterocycles. The second-order valence-corrected chi connectivity index (χ2v) is 9.38. The fraction of sp³-hybridized carbons (Fsp3) is 0.241. The molecule has 3 aromatic carbocycles. The van der Waals surface area contributed by atoms with E-state index in [1.807, 2.05) is 12.1 Å². The number of Topliss-reactive ketones (excluding diaryl/α,β-unsaturated/α-hetero) is 1. The lowest BCUT2D eigenvalue weighted by Crippen LogP contribution is -2.50. The fourth-order valence-electron chi connectivity index (χ4n) is 4.19. The highest BCUT2D eigenvalue weighted by Gasteiger charge is 2.73. The molecule has 0 radical (unpaired) electrons. The van der Waals surface area contributed by atoms with Crippen molar-refractivity contribution in [2.75, 3.05) is 10.6 Å². The molecule has 0 heterocycles. The maximum Gasteiger partial charge on any atom is 0.435 e. The van der Waals surface area contributed by atoms with Crippen molar-refractivity contribution in [1.29, 1.82) is 10.5 Å². The van der Waals surface area contributed by atoms with Crippen molar-refractivity contribution in [1.82, 2.24) is 0 Å². The molecule has 3 aromatic rings. The monoisotopic (exact) mass is 590 g/mol. The van der Waals surface area contributed by atoms with Gasteiger partial charge in [-0.3, -0.25) is 9.59 Å². The lowest BCUT2D eigenvalue weighted by atomic mass is 9.90. The Hall–Kier alpha value is -4.91. The molecule has 218 valence electrons. The number of hydrogen-bond donors (Lipinski definition) is 2. The van der Waals surface area contributed by atoms with Crippen LogP contribution < -0.4 is 10.6 Å². The summed E-state index contributed by atoms with van der Waals surface area (Å²) in [5, 5.41) is 23.7. The number of alkyl halides is 7. The molecule has 6 nitrogen and oxygen atoms in total. The van der Waals surface area contributed by atoms with Crippen LogP contribution in [0.5, 0.6) is 0 Å². The Morgan fingerprint density at radius 2 is 1.31 bits per heavy atom. The van der Waals surface area contributed by atoms with Gasteiger partial charge in [0.25, 0.3) is 5.91 Å². The zero-order valence-electron chi connectivity index (χ0n) is 22.1. The molecule has 0 fully saturated rings. The van der Waals surface area contributed by atoms with Crippen LogP contribution in [0.1, 0.15) is 55.5 Å². The highest BCUT2D eigenvalue weighted by Crippen LogP contribution is 2.53. The predicted octanol–water partition coefficient (Wildman–Crippen LogP) is 7.27. The third kappa shape index (κ3) is 6.05. The lowest BCUT2D eigenvalue weighted by molar-refractivity contribution is -0.348. The van der Waals surface area contributed by atoms with E-state index in [9.17, 15) is 45.6 Å². The molecule has 3 rings (SSSR count). The number of carbonyl (C=O) groups is 2. The topological polar surface area (TPSA) is 106 Å². The van der Waals surface area contributed by atoms with Crippen LogP contribution >= 0.6 is 0 Å². The van der Waals surface area contributed by atoms with Crippen molar-refractivity contribution < 1.29 is 40.3 Å². The molecular weight excluding hydrogens is 569 g/mol. The zero-order chi connectivity index (χ0) is 31.6. The maximum absolute atomic E-state index is 14.6. The van der Waals surface area contributed by atoms with Gasteiger partial charge in [0, 0.05) is 22.4 Å². The average Bonchev–Trinajstić information content (AvgIpc) is 2.92. The van der Waals surface area contributed by atoms with Crippen molar-refractivity contribution in [2.45, 2.75) is 44.8 Å². The Morgan fingerprint density at radius 3 is 1.79 bits per heavy atom. The molecule has 1 atom stereocenters. The van der Waals surface area contributed by atoms with Gasteiger partial charge >= 0.3 is 18.0 Å². The summed E-state index contributed by atoms with van der Waals surface area (Å²) in [6.07, 6.45) is -12.6. The summed E-state index contributed by atoms with van der Waals surface area (Å²) in [7, 11) is 0. The number of hydrogen-bond acceptors (Lipinski definition) is 5. The minimum atomic E-state index is -6.29. The smallest absolute Gasteiger partial charge is 0.374 e. The molecule has 0 bridgehead atoms. The molecule has 0 saturated carbocycles. The molecule has 42 heavy (non-hydrogen) atoms. The van der Waals surface area contributed by atoms with Crippen LogP contribution in [-0.4, -0.2) is 30.1 Å². The predicted molar refractivity (Wildman–Crippen MR) is 138 cm³/mol. The third-order valence-corrected chi connectivity index (χ3v) is 6.42. The quantitative estimate of drug-likeness (QED) is 0.222. The number of carbonyl (C=O) groups excluding carboxylic acids is 2. The number of aryl methyl sites for hydroxylation is 2. The van der Waals surface area contributed by atoms with E-state index < -0.39 is 35.5 Å². The summed E-state index contributed by atoms with van der Waals surface area (Å²) in [6, 6.07) is 13.3. The van der Waals surface area contributed by atoms with E-state index in [0.717, 1.165) is 13.8 Å². The minimum Gasteiger partial charge on any atom is -0.374 e. The number of anilines is 2. The van der Waals surface area contributed by atoms with Gasteiger partial charge < -0.3 is 10.6 Å². The highest BCUT2D eigenvalue weighted by atomic mass is 19.4. The van der Waals surface area contributed by atoms with E-state index in [0.29, 0.717) is 17.7 Å². The Morgan fingerprint density at radius 1 is 0.786 bits per heavy atom. The number of nitrogens with zero attached hydrogens (tertiary/aromatic N) is 2. The second-order valence-electron chi connectivity index (χ2n) is 9.38. The SMILES string of the molecule is Cc1cc(C(F)(C(F)(F)F)C(F)(F)F)cc(C)c1NC(=O)c1ccc(C#N)c(NC(C)C(=O)c2ccc(C#N)cc2)c1. The number of nitrogens with one attached hydrogen (secondary N) is 2. The van der Waals surface area contributed by atoms with Gasteiger partial charge in [-0.2, -0.15) is 36.9 Å². The first kappa shape index (κ1) is 31.6. The number of rotatable bonds is 7. The van der Waals surface area contributed by atoms with Crippen LogP contribution in [-0.2, 0) is 5.67 Å². The van der Waals surface area contributed by atoms with Crippen LogP contribution in [0.2, 0.25) is 0 Å². The van der Waals surface area contributed by atoms with Crippen LogP contribution in [0.15, 0.2) is 54.6 Å². The van der Waals surface area contributed by atoms with Gasteiger partial charge in [-0.25, -0.2) is 4.39 Å². The van der Waals surface area contributed by atoms with E-state index in [4.69, 9.17) is 5.26 Å². The standard InChI is InChI=1S/C29H21F7N4O2/c1-15-10-22(27(30,28(31,32)33)29(34,35)36)11-16(2)24(15)40-26(42)20-8-9-21(14-38)23(12-20)39-17(3)25(41)19-6-4-18(13-37)5-7-19/h4-12,17,39H,1-3H3,(H,40,42). The number of halogens is 7. The van der Waals surface area contributed by atoms with Crippen LogP contribution in [0.4, 0.5) is 42.1 Å². The largest absolute Gasteiger partial charge is 0.435 e. The summed E-state index contributed by atoms with van der Waals surface area (Å²) < 4.78 is 93.9. The Kier molecular flexibility index (Phi) is 8.68.